The van der Waals surface area contributed by atoms with Crippen LogP contribution < -0.4 is 0 Å². The van der Waals surface area contributed by atoms with Gasteiger partial charge in [-0.05, 0) is 38.3 Å². The smallest absolute Gasteiger partial charge is 0.266 e. The molecular formula is C17H19N3O2S. The van der Waals surface area contributed by atoms with Crippen molar-refractivity contribution in [1.82, 2.24) is 14.9 Å². The van der Waals surface area contributed by atoms with Crippen LogP contribution in [0.5, 0.6) is 0 Å². The number of nitrogens with zero attached hydrogens (tertiary/aromatic N) is 3. The minimum absolute atomic E-state index is 0.0994. The fourth-order valence-electron chi connectivity index (χ4n) is 3.50. The van der Waals surface area contributed by atoms with Crippen LogP contribution in [0.25, 0.3) is 10.7 Å². The number of pyridine rings is 1. The highest BCUT2D eigenvalue weighted by atomic mass is 32.1. The Morgan fingerprint density at radius 2 is 2.30 bits per heavy atom. The zero-order valence-electron chi connectivity index (χ0n) is 13.1. The van der Waals surface area contributed by atoms with E-state index in [9.17, 15) is 4.79 Å². The Balaban J connectivity index is 1.62. The summed E-state index contributed by atoms with van der Waals surface area (Å²) in [7, 11) is 0. The van der Waals surface area contributed by atoms with Crippen molar-refractivity contribution in [1.29, 1.82) is 0 Å². The lowest BCUT2D eigenvalue weighted by molar-refractivity contribution is -0.0444. The molecule has 6 heteroatoms. The summed E-state index contributed by atoms with van der Waals surface area (Å²) >= 11 is 1.44. The molecule has 0 unspecified atom stereocenters. The maximum absolute atomic E-state index is 13.0. The van der Waals surface area contributed by atoms with Crippen LogP contribution in [0.15, 0.2) is 24.4 Å². The molecule has 4 rings (SSSR count). The van der Waals surface area contributed by atoms with Crippen molar-refractivity contribution < 1.29 is 9.53 Å². The number of hydrogen-bond acceptors (Lipinski definition) is 5. The second-order valence-electron chi connectivity index (χ2n) is 6.05. The lowest BCUT2D eigenvalue weighted by Crippen LogP contribution is -2.51. The highest BCUT2D eigenvalue weighted by Crippen LogP contribution is 2.33. The van der Waals surface area contributed by atoms with Gasteiger partial charge in [-0.1, -0.05) is 6.07 Å². The van der Waals surface area contributed by atoms with E-state index in [4.69, 9.17) is 4.74 Å². The van der Waals surface area contributed by atoms with Crippen LogP contribution in [0.3, 0.4) is 0 Å². The molecule has 0 spiro atoms. The number of thiazole rings is 1. The number of carbonyl (C=O) groups is 1. The number of hydrogen-bond donors (Lipinski definition) is 0. The number of carbonyl (C=O) groups excluding carboxylic acids is 1. The predicted octanol–water partition coefficient (Wildman–Crippen LogP) is 2.91. The first-order valence-electron chi connectivity index (χ1n) is 8.05. The van der Waals surface area contributed by atoms with E-state index in [1.54, 1.807) is 6.20 Å². The molecule has 1 saturated heterocycles. The lowest BCUT2D eigenvalue weighted by Gasteiger charge is -2.37. The Morgan fingerprint density at radius 3 is 3.13 bits per heavy atom. The Labute approximate surface area is 139 Å². The van der Waals surface area contributed by atoms with Crippen LogP contribution in [0.4, 0.5) is 0 Å². The summed E-state index contributed by atoms with van der Waals surface area (Å²) < 4.78 is 5.81. The van der Waals surface area contributed by atoms with Crippen LogP contribution in [0.1, 0.15) is 34.6 Å². The van der Waals surface area contributed by atoms with Gasteiger partial charge in [-0.2, -0.15) is 0 Å². The Hall–Kier alpha value is -1.79. The number of rotatable bonds is 2. The number of aryl methyl sites for hydroxylation is 1. The van der Waals surface area contributed by atoms with Crippen molar-refractivity contribution in [3.63, 3.8) is 0 Å². The van der Waals surface area contributed by atoms with Crippen molar-refractivity contribution >= 4 is 17.2 Å². The van der Waals surface area contributed by atoms with Crippen molar-refractivity contribution in [3.8, 4) is 10.7 Å². The number of ether oxygens (including phenoxy) is 1. The second-order valence-corrected chi connectivity index (χ2v) is 7.05. The summed E-state index contributed by atoms with van der Waals surface area (Å²) in [5.41, 5.74) is 1.61. The van der Waals surface area contributed by atoms with Crippen molar-refractivity contribution in [2.45, 2.75) is 38.3 Å². The lowest BCUT2D eigenvalue weighted by atomic mass is 10.1. The van der Waals surface area contributed by atoms with Gasteiger partial charge < -0.3 is 9.64 Å². The summed E-state index contributed by atoms with van der Waals surface area (Å²) in [5.74, 6) is 0.0994. The molecule has 1 aliphatic carbocycles. The van der Waals surface area contributed by atoms with Gasteiger partial charge in [0.05, 0.1) is 30.1 Å². The van der Waals surface area contributed by atoms with Crippen molar-refractivity contribution in [2.24, 2.45) is 0 Å². The third-order valence-corrected chi connectivity index (χ3v) is 5.79. The molecular weight excluding hydrogens is 310 g/mol. The maximum atomic E-state index is 13.0. The molecule has 1 amide bonds. The van der Waals surface area contributed by atoms with Gasteiger partial charge in [0.1, 0.15) is 9.88 Å². The summed E-state index contributed by atoms with van der Waals surface area (Å²) in [4.78, 5) is 24.7. The van der Waals surface area contributed by atoms with Crippen LogP contribution in [-0.2, 0) is 4.74 Å². The second kappa shape index (κ2) is 6.02. The number of fused-ring (bicyclic) bond motifs is 1. The van der Waals surface area contributed by atoms with Gasteiger partial charge >= 0.3 is 0 Å². The fourth-order valence-corrected chi connectivity index (χ4v) is 4.50. The quantitative estimate of drug-likeness (QED) is 0.850. The van der Waals surface area contributed by atoms with E-state index in [2.05, 4.69) is 9.97 Å². The summed E-state index contributed by atoms with van der Waals surface area (Å²) in [6, 6.07) is 5.97. The molecule has 0 bridgehead atoms. The minimum Gasteiger partial charge on any atom is -0.374 e. The largest absolute Gasteiger partial charge is 0.374 e. The topological polar surface area (TPSA) is 55.3 Å². The zero-order chi connectivity index (χ0) is 15.8. The zero-order valence-corrected chi connectivity index (χ0v) is 13.9. The molecule has 2 fully saturated rings. The van der Waals surface area contributed by atoms with Crippen LogP contribution in [-0.4, -0.2) is 46.1 Å². The van der Waals surface area contributed by atoms with Crippen LogP contribution >= 0.6 is 11.3 Å². The van der Waals surface area contributed by atoms with Gasteiger partial charge in [-0.25, -0.2) is 4.98 Å². The molecule has 2 atom stereocenters. The Kier molecular flexibility index (Phi) is 3.87. The molecule has 2 aromatic rings. The molecule has 0 aromatic carbocycles. The van der Waals surface area contributed by atoms with Gasteiger partial charge in [0.15, 0.2) is 0 Å². The van der Waals surface area contributed by atoms with Gasteiger partial charge in [0.2, 0.25) is 0 Å². The van der Waals surface area contributed by atoms with E-state index in [0.717, 1.165) is 40.5 Å². The van der Waals surface area contributed by atoms with Gasteiger partial charge in [0.25, 0.3) is 5.91 Å². The SMILES string of the molecule is Cc1nc(-c2ccccn2)sc1C(=O)N1CCO[C@H]2CCC[C@@H]21. The van der Waals surface area contributed by atoms with Crippen LogP contribution in [0.2, 0.25) is 0 Å². The minimum atomic E-state index is 0.0994. The molecule has 0 N–H and O–H groups in total. The molecule has 1 aliphatic heterocycles. The number of morpholine rings is 1. The third-order valence-electron chi connectivity index (χ3n) is 4.62. The van der Waals surface area contributed by atoms with E-state index in [0.29, 0.717) is 13.2 Å². The van der Waals surface area contributed by atoms with E-state index in [-0.39, 0.29) is 18.1 Å². The molecule has 1 saturated carbocycles. The average molecular weight is 329 g/mol. The Bertz CT molecular complexity index is 716. The first kappa shape index (κ1) is 14.8. The van der Waals surface area contributed by atoms with E-state index in [1.807, 2.05) is 30.0 Å². The highest BCUT2D eigenvalue weighted by molar-refractivity contribution is 7.17. The first-order valence-corrected chi connectivity index (χ1v) is 8.87. The van der Waals surface area contributed by atoms with E-state index in [1.165, 1.54) is 11.3 Å². The average Bonchev–Trinajstić information content (AvgIpc) is 3.21. The monoisotopic (exact) mass is 329 g/mol. The molecule has 23 heavy (non-hydrogen) atoms. The first-order chi connectivity index (χ1) is 11.2. The van der Waals surface area contributed by atoms with Crippen molar-refractivity contribution in [2.75, 3.05) is 13.2 Å². The van der Waals surface area contributed by atoms with E-state index >= 15 is 0 Å². The summed E-state index contributed by atoms with van der Waals surface area (Å²) in [6.45, 7) is 3.22. The molecule has 2 aliphatic rings. The van der Waals surface area contributed by atoms with Crippen molar-refractivity contribution in [3.05, 3.63) is 35.0 Å². The van der Waals surface area contributed by atoms with Gasteiger partial charge in [-0.15, -0.1) is 11.3 Å². The molecule has 120 valence electrons. The fraction of sp³-hybridized carbons (Fsp3) is 0.471. The molecule has 3 heterocycles. The molecule has 0 radical (unpaired) electrons. The van der Waals surface area contributed by atoms with E-state index < -0.39 is 0 Å². The summed E-state index contributed by atoms with van der Waals surface area (Å²) in [6.07, 6.45) is 5.21. The highest BCUT2D eigenvalue weighted by Gasteiger charge is 2.39. The number of amides is 1. The Morgan fingerprint density at radius 1 is 1.39 bits per heavy atom. The number of aromatic nitrogens is 2. The maximum Gasteiger partial charge on any atom is 0.266 e. The predicted molar refractivity (Wildman–Crippen MR) is 88.5 cm³/mol. The van der Waals surface area contributed by atoms with Gasteiger partial charge in [-0.3, -0.25) is 9.78 Å². The van der Waals surface area contributed by atoms with Gasteiger partial charge in [0, 0.05) is 12.7 Å². The normalized spacial score (nSPS) is 23.8. The van der Waals surface area contributed by atoms with Crippen LogP contribution in [0, 0.1) is 6.92 Å². The molecule has 2 aromatic heterocycles. The standard InChI is InChI=1S/C17H19N3O2S/c1-11-15(23-16(19-11)12-5-2-3-8-18-12)17(21)20-9-10-22-14-7-4-6-13(14)20/h2-3,5,8,13-14H,4,6-7,9-10H2,1H3/t13-,14-/m0/s1. The molecule has 5 nitrogen and oxygen atoms in total. The summed E-state index contributed by atoms with van der Waals surface area (Å²) in [5, 5.41) is 0.808. The third kappa shape index (κ3) is 2.66.